The summed E-state index contributed by atoms with van der Waals surface area (Å²) in [7, 11) is 0. The number of hydrogen-bond donors (Lipinski definition) is 2. The Balaban J connectivity index is 2.31. The third kappa shape index (κ3) is 1.77. The first kappa shape index (κ1) is 8.83. The number of rotatable bonds is 3. The monoisotopic (exact) mass is 190 g/mol. The Morgan fingerprint density at radius 1 is 1.36 bits per heavy atom. The summed E-state index contributed by atoms with van der Waals surface area (Å²) in [5, 5.41) is 22.4. The van der Waals surface area contributed by atoms with Gasteiger partial charge in [-0.25, -0.2) is 0 Å². The maximum absolute atomic E-state index is 8.79. The summed E-state index contributed by atoms with van der Waals surface area (Å²) in [6, 6.07) is 7.73. The van der Waals surface area contributed by atoms with Crippen molar-refractivity contribution in [2.75, 3.05) is 6.61 Å². The second-order valence-electron chi connectivity index (χ2n) is 2.91. The lowest BCUT2D eigenvalue weighted by Crippen LogP contribution is -1.91. The average Bonchev–Trinajstić information content (AvgIpc) is 2.71. The van der Waals surface area contributed by atoms with Crippen molar-refractivity contribution in [3.63, 3.8) is 0 Å². The molecule has 0 saturated carbocycles. The molecule has 0 atom stereocenters. The van der Waals surface area contributed by atoms with Crippen LogP contribution in [0.25, 0.3) is 11.4 Å². The summed E-state index contributed by atoms with van der Waals surface area (Å²) in [6.07, 6.45) is 0.645. The molecule has 2 aromatic rings. The van der Waals surface area contributed by atoms with Crippen molar-refractivity contribution in [1.29, 1.82) is 0 Å². The van der Waals surface area contributed by atoms with E-state index in [0.29, 0.717) is 12.2 Å². The van der Waals surface area contributed by atoms with Gasteiger partial charge in [-0.3, -0.25) is 0 Å². The van der Waals surface area contributed by atoms with Crippen LogP contribution in [0.15, 0.2) is 24.3 Å². The Hall–Kier alpha value is -1.75. The van der Waals surface area contributed by atoms with E-state index in [4.69, 9.17) is 5.11 Å². The molecular weight excluding hydrogens is 180 g/mol. The molecule has 0 bridgehead atoms. The second kappa shape index (κ2) is 3.97. The molecule has 0 radical (unpaired) electrons. The molecule has 2 N–H and O–H groups in total. The summed E-state index contributed by atoms with van der Waals surface area (Å²) in [5.41, 5.74) is 1.97. The van der Waals surface area contributed by atoms with Crippen LogP contribution in [0.3, 0.4) is 0 Å². The Labute approximate surface area is 80.8 Å². The van der Waals surface area contributed by atoms with E-state index in [1.807, 2.05) is 24.3 Å². The van der Waals surface area contributed by atoms with Gasteiger partial charge >= 0.3 is 0 Å². The highest BCUT2D eigenvalue weighted by molar-refractivity contribution is 5.54. The molecule has 5 nitrogen and oxygen atoms in total. The van der Waals surface area contributed by atoms with Crippen molar-refractivity contribution < 1.29 is 5.11 Å². The van der Waals surface area contributed by atoms with Crippen LogP contribution in [-0.2, 0) is 6.42 Å². The molecule has 0 fully saturated rings. The van der Waals surface area contributed by atoms with Gasteiger partial charge in [0.15, 0.2) is 0 Å². The SMILES string of the molecule is OCCc1cccc(-c2nn[nH]n2)c1. The lowest BCUT2D eigenvalue weighted by Gasteiger charge is -1.99. The third-order valence-electron chi connectivity index (χ3n) is 1.93. The number of hydrogen-bond acceptors (Lipinski definition) is 4. The van der Waals surface area contributed by atoms with Crippen LogP contribution in [0.4, 0.5) is 0 Å². The number of aliphatic hydroxyl groups excluding tert-OH is 1. The maximum Gasteiger partial charge on any atom is 0.204 e. The second-order valence-corrected chi connectivity index (χ2v) is 2.91. The molecule has 0 spiro atoms. The Morgan fingerprint density at radius 2 is 2.29 bits per heavy atom. The van der Waals surface area contributed by atoms with Gasteiger partial charge in [0.05, 0.1) is 0 Å². The van der Waals surface area contributed by atoms with Crippen LogP contribution in [0.2, 0.25) is 0 Å². The fourth-order valence-corrected chi connectivity index (χ4v) is 1.28. The van der Waals surface area contributed by atoms with Gasteiger partial charge in [-0.2, -0.15) is 5.21 Å². The number of tetrazole rings is 1. The highest BCUT2D eigenvalue weighted by Gasteiger charge is 2.02. The smallest absolute Gasteiger partial charge is 0.204 e. The number of aromatic nitrogens is 4. The summed E-state index contributed by atoms with van der Waals surface area (Å²) in [6.45, 7) is 0.149. The molecule has 14 heavy (non-hydrogen) atoms. The zero-order valence-corrected chi connectivity index (χ0v) is 7.51. The number of nitrogens with one attached hydrogen (secondary N) is 1. The van der Waals surface area contributed by atoms with E-state index in [9.17, 15) is 0 Å². The molecule has 0 saturated heterocycles. The van der Waals surface area contributed by atoms with Crippen molar-refractivity contribution in [1.82, 2.24) is 20.6 Å². The molecular formula is C9H10N4O. The quantitative estimate of drug-likeness (QED) is 0.734. The first-order valence-corrected chi connectivity index (χ1v) is 4.34. The molecule has 0 unspecified atom stereocenters. The van der Waals surface area contributed by atoms with E-state index < -0.39 is 0 Å². The predicted octanol–water partition coefficient (Wildman–Crippen LogP) is 0.402. The normalized spacial score (nSPS) is 10.4. The molecule has 0 aliphatic carbocycles. The summed E-state index contributed by atoms with van der Waals surface area (Å²) < 4.78 is 0. The minimum absolute atomic E-state index is 0.149. The molecule has 72 valence electrons. The maximum atomic E-state index is 8.79. The number of H-pyrrole nitrogens is 1. The van der Waals surface area contributed by atoms with E-state index in [-0.39, 0.29) is 6.61 Å². The van der Waals surface area contributed by atoms with Crippen molar-refractivity contribution in [2.45, 2.75) is 6.42 Å². The average molecular weight is 190 g/mol. The topological polar surface area (TPSA) is 74.7 Å². The number of aromatic amines is 1. The van der Waals surface area contributed by atoms with Gasteiger partial charge in [-0.15, -0.1) is 10.2 Å². The fourth-order valence-electron chi connectivity index (χ4n) is 1.28. The van der Waals surface area contributed by atoms with Gasteiger partial charge in [0.2, 0.25) is 5.82 Å². The van der Waals surface area contributed by atoms with Crippen molar-refractivity contribution in [3.8, 4) is 11.4 Å². The van der Waals surface area contributed by atoms with Gasteiger partial charge in [-0.05, 0) is 23.3 Å². The summed E-state index contributed by atoms with van der Waals surface area (Å²) >= 11 is 0. The molecule has 1 heterocycles. The molecule has 0 aliphatic rings. The van der Waals surface area contributed by atoms with E-state index in [1.165, 1.54) is 0 Å². The number of nitrogens with zero attached hydrogens (tertiary/aromatic N) is 3. The summed E-state index contributed by atoms with van der Waals surface area (Å²) in [5.74, 6) is 0.574. The molecule has 2 rings (SSSR count). The van der Waals surface area contributed by atoms with Crippen LogP contribution in [0, 0.1) is 0 Å². The van der Waals surface area contributed by atoms with Gasteiger partial charge in [0, 0.05) is 12.2 Å². The Kier molecular flexibility index (Phi) is 2.51. The van der Waals surface area contributed by atoms with Crippen molar-refractivity contribution in [2.24, 2.45) is 0 Å². The van der Waals surface area contributed by atoms with Crippen LogP contribution in [0.5, 0.6) is 0 Å². The van der Waals surface area contributed by atoms with Gasteiger partial charge < -0.3 is 5.11 Å². The predicted molar refractivity (Wildman–Crippen MR) is 50.4 cm³/mol. The van der Waals surface area contributed by atoms with E-state index in [1.54, 1.807) is 0 Å². The van der Waals surface area contributed by atoms with Crippen LogP contribution >= 0.6 is 0 Å². The fraction of sp³-hybridized carbons (Fsp3) is 0.222. The van der Waals surface area contributed by atoms with Crippen LogP contribution in [-0.4, -0.2) is 32.3 Å². The Morgan fingerprint density at radius 3 is 3.00 bits per heavy atom. The highest BCUT2D eigenvalue weighted by Crippen LogP contribution is 2.14. The standard InChI is InChI=1S/C9H10N4O/c14-5-4-7-2-1-3-8(6-7)9-10-12-13-11-9/h1-3,6,14H,4-5H2,(H,10,11,12,13). The Bertz CT molecular complexity index is 399. The van der Waals surface area contributed by atoms with Crippen molar-refractivity contribution >= 4 is 0 Å². The lowest BCUT2D eigenvalue weighted by atomic mass is 10.1. The molecule has 1 aromatic heterocycles. The first-order chi connectivity index (χ1) is 6.90. The van der Waals surface area contributed by atoms with Gasteiger partial charge in [0.25, 0.3) is 0 Å². The van der Waals surface area contributed by atoms with Gasteiger partial charge in [0.1, 0.15) is 0 Å². The van der Waals surface area contributed by atoms with E-state index in [0.717, 1.165) is 11.1 Å². The summed E-state index contributed by atoms with van der Waals surface area (Å²) in [4.78, 5) is 0. The lowest BCUT2D eigenvalue weighted by molar-refractivity contribution is 0.299. The van der Waals surface area contributed by atoms with E-state index in [2.05, 4.69) is 20.6 Å². The minimum Gasteiger partial charge on any atom is -0.396 e. The highest BCUT2D eigenvalue weighted by atomic mass is 16.2. The molecule has 1 aromatic carbocycles. The van der Waals surface area contributed by atoms with Gasteiger partial charge in [-0.1, -0.05) is 18.2 Å². The number of aliphatic hydroxyl groups is 1. The zero-order chi connectivity index (χ0) is 9.80. The third-order valence-corrected chi connectivity index (χ3v) is 1.93. The molecule has 0 aliphatic heterocycles. The first-order valence-electron chi connectivity index (χ1n) is 4.34. The van der Waals surface area contributed by atoms with Crippen LogP contribution in [0.1, 0.15) is 5.56 Å². The van der Waals surface area contributed by atoms with Crippen LogP contribution < -0.4 is 0 Å². The molecule has 0 amide bonds. The van der Waals surface area contributed by atoms with Crippen molar-refractivity contribution in [3.05, 3.63) is 29.8 Å². The molecule has 5 heteroatoms. The van der Waals surface area contributed by atoms with E-state index >= 15 is 0 Å². The minimum atomic E-state index is 0.149. The zero-order valence-electron chi connectivity index (χ0n) is 7.51. The largest absolute Gasteiger partial charge is 0.396 e. The number of benzene rings is 1.